The highest BCUT2D eigenvalue weighted by Gasteiger charge is 2.37. The number of amides is 1. The zero-order chi connectivity index (χ0) is 31.9. The number of carboxylic acid groups (broad SMARTS) is 1. The fourth-order valence-electron chi connectivity index (χ4n) is 5.25. The molecule has 10 nitrogen and oxygen atoms in total. The van der Waals surface area contributed by atoms with Gasteiger partial charge in [-0.05, 0) is 52.8 Å². The van der Waals surface area contributed by atoms with E-state index in [1.807, 2.05) is 50.2 Å². The first kappa shape index (κ1) is 32.8. The molecular formula is C33H36ClNO9. The Labute approximate surface area is 261 Å². The highest BCUT2D eigenvalue weighted by molar-refractivity contribution is 6.32. The Kier molecular flexibility index (Phi) is 10.9. The van der Waals surface area contributed by atoms with E-state index >= 15 is 0 Å². The summed E-state index contributed by atoms with van der Waals surface area (Å²) in [7, 11) is 2.75. The molecule has 0 saturated carbocycles. The minimum atomic E-state index is -1.54. The number of ether oxygens (including phenoxy) is 5. The Morgan fingerprint density at radius 3 is 2.09 bits per heavy atom. The van der Waals surface area contributed by atoms with Crippen molar-refractivity contribution in [1.29, 1.82) is 0 Å². The Hall–Kier alpha value is -4.12. The highest BCUT2D eigenvalue weighted by atomic mass is 35.5. The van der Waals surface area contributed by atoms with Crippen LogP contribution in [0.4, 0.5) is 4.79 Å². The third-order valence-electron chi connectivity index (χ3n) is 7.41. The molecule has 234 valence electrons. The van der Waals surface area contributed by atoms with Gasteiger partial charge in [0.25, 0.3) is 0 Å². The molecule has 44 heavy (non-hydrogen) atoms. The quantitative estimate of drug-likeness (QED) is 0.170. The van der Waals surface area contributed by atoms with Crippen LogP contribution >= 0.6 is 11.6 Å². The van der Waals surface area contributed by atoms with Gasteiger partial charge in [0, 0.05) is 25.7 Å². The molecule has 3 aromatic rings. The van der Waals surface area contributed by atoms with Crippen molar-refractivity contribution in [3.8, 4) is 16.9 Å². The first-order valence-electron chi connectivity index (χ1n) is 14.1. The van der Waals surface area contributed by atoms with Crippen molar-refractivity contribution >= 4 is 29.6 Å². The van der Waals surface area contributed by atoms with Crippen LogP contribution in [0.15, 0.2) is 66.7 Å². The topological polar surface area (TPSA) is 130 Å². The number of fused-ring (bicyclic) bond motifs is 3. The van der Waals surface area contributed by atoms with Crippen LogP contribution in [0.1, 0.15) is 42.9 Å². The van der Waals surface area contributed by atoms with Crippen LogP contribution in [0, 0.1) is 5.92 Å². The smallest absolute Gasteiger partial charge is 0.407 e. The van der Waals surface area contributed by atoms with Gasteiger partial charge in [0.1, 0.15) is 25.0 Å². The Balaban J connectivity index is 1.41. The third kappa shape index (κ3) is 7.50. The second-order valence-corrected chi connectivity index (χ2v) is 11.2. The van der Waals surface area contributed by atoms with Crippen LogP contribution in [-0.4, -0.2) is 63.2 Å². The summed E-state index contributed by atoms with van der Waals surface area (Å²) in [5, 5.41) is 11.6. The largest absolute Gasteiger partial charge is 0.480 e. The van der Waals surface area contributed by atoms with Crippen molar-refractivity contribution in [3.05, 3.63) is 88.4 Å². The Morgan fingerprint density at radius 1 is 0.932 bits per heavy atom. The number of rotatable bonds is 14. The van der Waals surface area contributed by atoms with Gasteiger partial charge in [-0.3, -0.25) is 0 Å². The molecule has 4 rings (SSSR count). The maximum atomic E-state index is 13.3. The molecule has 0 aromatic heterocycles. The molecule has 3 aromatic carbocycles. The van der Waals surface area contributed by atoms with Gasteiger partial charge in [-0.2, -0.15) is 0 Å². The predicted octanol–water partition coefficient (Wildman–Crippen LogP) is 5.75. The number of aliphatic carboxylic acids is 1. The van der Waals surface area contributed by atoms with E-state index in [2.05, 4.69) is 17.4 Å². The van der Waals surface area contributed by atoms with Gasteiger partial charge in [-0.25, -0.2) is 14.4 Å². The van der Waals surface area contributed by atoms with Gasteiger partial charge >= 0.3 is 18.0 Å². The number of methoxy groups -OCH3 is 2. The van der Waals surface area contributed by atoms with Crippen molar-refractivity contribution in [3.63, 3.8) is 0 Å². The molecule has 0 aliphatic heterocycles. The van der Waals surface area contributed by atoms with Crippen LogP contribution in [0.3, 0.4) is 0 Å². The van der Waals surface area contributed by atoms with Crippen LogP contribution in [0.2, 0.25) is 5.02 Å². The Morgan fingerprint density at radius 2 is 1.55 bits per heavy atom. The summed E-state index contributed by atoms with van der Waals surface area (Å²) < 4.78 is 27.7. The van der Waals surface area contributed by atoms with Crippen LogP contribution in [-0.2, 0) is 34.3 Å². The molecule has 0 bridgehead atoms. The molecular weight excluding hydrogens is 590 g/mol. The third-order valence-corrected chi connectivity index (χ3v) is 7.71. The van der Waals surface area contributed by atoms with Gasteiger partial charge < -0.3 is 34.1 Å². The van der Waals surface area contributed by atoms with Crippen molar-refractivity contribution < 1.29 is 43.2 Å². The summed E-state index contributed by atoms with van der Waals surface area (Å²) in [6.45, 7) is 3.01. The maximum absolute atomic E-state index is 13.3. The zero-order valence-corrected chi connectivity index (χ0v) is 25.8. The molecule has 0 spiro atoms. The molecule has 0 heterocycles. The van der Waals surface area contributed by atoms with Gasteiger partial charge in [0.15, 0.2) is 6.61 Å². The van der Waals surface area contributed by atoms with E-state index in [9.17, 15) is 14.4 Å². The number of benzene rings is 3. The number of alkyl carbamates (subject to hydrolysis) is 1. The summed E-state index contributed by atoms with van der Waals surface area (Å²) in [6, 6.07) is 19.6. The van der Waals surface area contributed by atoms with Crippen LogP contribution in [0.5, 0.6) is 5.75 Å². The van der Waals surface area contributed by atoms with E-state index in [4.69, 9.17) is 40.4 Å². The first-order valence-corrected chi connectivity index (χ1v) is 14.5. The lowest BCUT2D eigenvalue weighted by Crippen LogP contribution is -2.45. The molecule has 0 unspecified atom stereocenters. The molecule has 1 atom stereocenters. The number of halogens is 1. The average Bonchev–Trinajstić information content (AvgIpc) is 3.33. The van der Waals surface area contributed by atoms with Crippen molar-refractivity contribution in [1.82, 2.24) is 5.32 Å². The summed E-state index contributed by atoms with van der Waals surface area (Å²) in [5.74, 6) is -3.31. The highest BCUT2D eigenvalue weighted by Crippen LogP contribution is 2.44. The predicted molar refractivity (Wildman–Crippen MR) is 163 cm³/mol. The van der Waals surface area contributed by atoms with Gasteiger partial charge in [-0.15, -0.1) is 0 Å². The second kappa shape index (κ2) is 14.6. The second-order valence-electron chi connectivity index (χ2n) is 10.7. The standard InChI is InChI=1S/C33H36ClNO9/c1-20(2)15-28(35-32(39)43-17-26-24-11-7-5-9-22(24)23-10-6-8-12-25(23)26)31(38)44-19-33(40-3,41-4)21-13-14-29(27(34)16-21)42-18-30(36)37/h5-14,16,20,26,28H,15,17-19H2,1-4H3,(H,35,39)(H,36,37)/t28-/m0/s1. The lowest BCUT2D eigenvalue weighted by Gasteiger charge is -2.31. The van der Waals surface area contributed by atoms with Crippen molar-refractivity contribution in [2.75, 3.05) is 34.0 Å². The summed E-state index contributed by atoms with van der Waals surface area (Å²) in [6.07, 6.45) is -0.430. The summed E-state index contributed by atoms with van der Waals surface area (Å²) in [4.78, 5) is 37.1. The molecule has 1 aliphatic carbocycles. The van der Waals surface area contributed by atoms with E-state index in [-0.39, 0.29) is 35.8 Å². The Bertz CT molecular complexity index is 1440. The molecule has 0 radical (unpaired) electrons. The van der Waals surface area contributed by atoms with Gasteiger partial charge in [-0.1, -0.05) is 74.0 Å². The number of hydrogen-bond donors (Lipinski definition) is 2. The van der Waals surface area contributed by atoms with Gasteiger partial charge in [0.2, 0.25) is 5.79 Å². The molecule has 1 amide bonds. The molecule has 0 saturated heterocycles. The lowest BCUT2D eigenvalue weighted by molar-refractivity contribution is -0.243. The van der Waals surface area contributed by atoms with Crippen molar-refractivity contribution in [2.45, 2.75) is 38.0 Å². The van der Waals surface area contributed by atoms with E-state index in [1.54, 1.807) is 6.07 Å². The lowest BCUT2D eigenvalue weighted by atomic mass is 9.98. The number of carbonyl (C=O) groups excluding carboxylic acids is 2. The maximum Gasteiger partial charge on any atom is 0.407 e. The van der Waals surface area contributed by atoms with E-state index < -0.39 is 36.5 Å². The van der Waals surface area contributed by atoms with Crippen LogP contribution < -0.4 is 10.1 Å². The van der Waals surface area contributed by atoms with E-state index in [1.165, 1.54) is 26.4 Å². The SMILES string of the molecule is COC(COC(=O)[C@H](CC(C)C)NC(=O)OCC1c2ccccc2-c2ccccc21)(OC)c1ccc(OCC(=O)O)c(Cl)c1. The molecule has 1 aliphatic rings. The number of esters is 1. The molecule has 0 fully saturated rings. The monoisotopic (exact) mass is 625 g/mol. The van der Waals surface area contributed by atoms with E-state index in [0.717, 1.165) is 22.3 Å². The first-order chi connectivity index (χ1) is 21.1. The number of nitrogens with one attached hydrogen (secondary N) is 1. The minimum absolute atomic E-state index is 0.0493. The number of hydrogen-bond acceptors (Lipinski definition) is 8. The number of carboxylic acids is 1. The fourth-order valence-corrected chi connectivity index (χ4v) is 5.48. The average molecular weight is 626 g/mol. The van der Waals surface area contributed by atoms with Crippen molar-refractivity contribution in [2.24, 2.45) is 5.92 Å². The summed E-state index contributed by atoms with van der Waals surface area (Å²) in [5.41, 5.74) is 4.78. The fraction of sp³-hybridized carbons (Fsp3) is 0.364. The molecule has 2 N–H and O–H groups in total. The normalized spacial score (nSPS) is 13.1. The number of carbonyl (C=O) groups is 3. The zero-order valence-electron chi connectivity index (χ0n) is 25.0. The minimum Gasteiger partial charge on any atom is -0.480 e. The van der Waals surface area contributed by atoms with E-state index in [0.29, 0.717) is 12.0 Å². The van der Waals surface area contributed by atoms with Gasteiger partial charge in [0.05, 0.1) is 5.02 Å². The summed E-state index contributed by atoms with van der Waals surface area (Å²) >= 11 is 6.30. The molecule has 11 heteroatoms. The van der Waals surface area contributed by atoms with Crippen LogP contribution in [0.25, 0.3) is 11.1 Å².